The van der Waals surface area contributed by atoms with Crippen LogP contribution in [0.1, 0.15) is 60.8 Å². The molecule has 1 heterocycles. The van der Waals surface area contributed by atoms with E-state index in [1.54, 1.807) is 0 Å². The van der Waals surface area contributed by atoms with Gasteiger partial charge in [0, 0.05) is 5.69 Å². The minimum absolute atomic E-state index is 0.348. The second-order valence-corrected chi connectivity index (χ2v) is 6.24. The Hall–Kier alpha value is -1.61. The molecule has 3 rings (SSSR count). The summed E-state index contributed by atoms with van der Waals surface area (Å²) in [7, 11) is 0. The number of hydrogen-bond donors (Lipinski definition) is 1. The number of aryl methyl sites for hydroxylation is 2. The zero-order chi connectivity index (χ0) is 15.0. The minimum Gasteiger partial charge on any atom is -0.308 e. The highest BCUT2D eigenvalue weighted by atomic mass is 15.3. The van der Waals surface area contributed by atoms with Crippen LogP contribution in [0.4, 0.5) is 0 Å². The molecular formula is C18H25N3. The number of hydrogen-bond acceptors (Lipinski definition) is 2. The maximum absolute atomic E-state index is 4.75. The molecule has 1 aliphatic carbocycles. The summed E-state index contributed by atoms with van der Waals surface area (Å²) in [6, 6.07) is 11.8. The average molecular weight is 283 g/mol. The molecule has 0 fully saturated rings. The lowest BCUT2D eigenvalue weighted by Crippen LogP contribution is -2.36. The Kier molecular flexibility index (Phi) is 3.85. The molecule has 1 N–H and O–H groups in total. The van der Waals surface area contributed by atoms with Gasteiger partial charge in [-0.1, -0.05) is 38.1 Å². The first-order valence-corrected chi connectivity index (χ1v) is 7.96. The van der Waals surface area contributed by atoms with Gasteiger partial charge >= 0.3 is 0 Å². The lowest BCUT2D eigenvalue weighted by Gasteiger charge is -2.38. The van der Waals surface area contributed by atoms with Gasteiger partial charge in [0.2, 0.25) is 0 Å². The van der Waals surface area contributed by atoms with Crippen molar-refractivity contribution >= 4 is 0 Å². The topological polar surface area (TPSA) is 29.9 Å². The fourth-order valence-electron chi connectivity index (χ4n) is 3.76. The van der Waals surface area contributed by atoms with E-state index in [0.717, 1.165) is 18.7 Å². The summed E-state index contributed by atoms with van der Waals surface area (Å²) in [6.07, 6.45) is 1.14. The van der Waals surface area contributed by atoms with Crippen LogP contribution >= 0.6 is 0 Å². The van der Waals surface area contributed by atoms with E-state index in [9.17, 15) is 0 Å². The van der Waals surface area contributed by atoms with Crippen LogP contribution in [-0.2, 0) is 0 Å². The maximum Gasteiger partial charge on any atom is 0.0722 e. The molecule has 0 saturated carbocycles. The molecule has 0 aliphatic heterocycles. The van der Waals surface area contributed by atoms with Crippen LogP contribution in [0.3, 0.4) is 0 Å². The third-order valence-corrected chi connectivity index (χ3v) is 4.62. The first kappa shape index (κ1) is 14.3. The molecule has 1 aromatic carbocycles. The van der Waals surface area contributed by atoms with E-state index < -0.39 is 0 Å². The van der Waals surface area contributed by atoms with E-state index in [4.69, 9.17) is 5.10 Å². The zero-order valence-electron chi connectivity index (χ0n) is 13.4. The molecule has 3 nitrogen and oxygen atoms in total. The van der Waals surface area contributed by atoms with E-state index >= 15 is 0 Å². The second-order valence-electron chi connectivity index (χ2n) is 6.24. The maximum atomic E-state index is 4.75. The highest BCUT2D eigenvalue weighted by molar-refractivity contribution is 5.36. The van der Waals surface area contributed by atoms with E-state index in [1.807, 2.05) is 0 Å². The molecule has 0 radical (unpaired) electrons. The first-order valence-electron chi connectivity index (χ1n) is 7.96. The Labute approximate surface area is 127 Å². The summed E-state index contributed by atoms with van der Waals surface area (Å²) in [6.45, 7) is 9.72. The van der Waals surface area contributed by atoms with E-state index in [-0.39, 0.29) is 0 Å². The number of nitrogens with zero attached hydrogens (tertiary/aromatic N) is 2. The zero-order valence-corrected chi connectivity index (χ0v) is 13.4. The van der Waals surface area contributed by atoms with Gasteiger partial charge in [0.1, 0.15) is 0 Å². The quantitative estimate of drug-likeness (QED) is 0.926. The summed E-state index contributed by atoms with van der Waals surface area (Å²) in [5.74, 6) is 0.574. The molecule has 0 spiro atoms. The third kappa shape index (κ3) is 2.51. The summed E-state index contributed by atoms with van der Waals surface area (Å²) in [4.78, 5) is 0. The Bertz CT molecular complexity index is 629. The molecule has 0 saturated heterocycles. The summed E-state index contributed by atoms with van der Waals surface area (Å²) < 4.78 is 2.23. The standard InChI is InChI=1S/C18H25N3/c1-5-19-18-16-9-7-6-8-15(16)12(2)10-17(18)21-14(4)11-13(3)20-21/h6-9,11-12,17-19H,5,10H2,1-4H3. The van der Waals surface area contributed by atoms with Crippen LogP contribution < -0.4 is 5.32 Å². The van der Waals surface area contributed by atoms with Gasteiger partial charge in [0.05, 0.1) is 17.8 Å². The van der Waals surface area contributed by atoms with Crippen molar-refractivity contribution in [2.45, 2.75) is 52.1 Å². The molecule has 3 atom stereocenters. The molecule has 0 amide bonds. The minimum atomic E-state index is 0.348. The fourth-order valence-corrected chi connectivity index (χ4v) is 3.76. The second kappa shape index (κ2) is 5.64. The van der Waals surface area contributed by atoms with Crippen LogP contribution in [0, 0.1) is 13.8 Å². The lowest BCUT2D eigenvalue weighted by atomic mass is 9.78. The molecule has 2 aromatic rings. The Morgan fingerprint density at radius 1 is 1.24 bits per heavy atom. The van der Waals surface area contributed by atoms with Crippen molar-refractivity contribution in [3.8, 4) is 0 Å². The van der Waals surface area contributed by atoms with Gasteiger partial charge in [-0.2, -0.15) is 5.10 Å². The van der Waals surface area contributed by atoms with Crippen molar-refractivity contribution in [3.63, 3.8) is 0 Å². The SMILES string of the molecule is CCNC1c2ccccc2C(C)CC1n1nc(C)cc1C. The van der Waals surface area contributed by atoms with Crippen molar-refractivity contribution in [2.24, 2.45) is 0 Å². The predicted molar refractivity (Wildman–Crippen MR) is 86.6 cm³/mol. The molecule has 1 aliphatic rings. The first-order chi connectivity index (χ1) is 10.1. The number of nitrogens with one attached hydrogen (secondary N) is 1. The molecule has 3 heteroatoms. The monoisotopic (exact) mass is 283 g/mol. The van der Waals surface area contributed by atoms with Crippen LogP contribution in [0.15, 0.2) is 30.3 Å². The number of likely N-dealkylation sites (N-methyl/N-ethyl adjacent to an activating group) is 1. The smallest absolute Gasteiger partial charge is 0.0722 e. The van der Waals surface area contributed by atoms with Gasteiger partial charge in [-0.3, -0.25) is 4.68 Å². The largest absolute Gasteiger partial charge is 0.308 e. The lowest BCUT2D eigenvalue weighted by molar-refractivity contribution is 0.277. The molecular weight excluding hydrogens is 258 g/mol. The molecule has 0 bridgehead atoms. The summed E-state index contributed by atoms with van der Waals surface area (Å²) in [5, 5.41) is 8.44. The van der Waals surface area contributed by atoms with Gasteiger partial charge in [-0.15, -0.1) is 0 Å². The summed E-state index contributed by atoms with van der Waals surface area (Å²) in [5.41, 5.74) is 5.29. The highest BCUT2D eigenvalue weighted by Crippen LogP contribution is 2.43. The van der Waals surface area contributed by atoms with Crippen LogP contribution in [0.5, 0.6) is 0 Å². The number of fused-ring (bicyclic) bond motifs is 1. The third-order valence-electron chi connectivity index (χ3n) is 4.62. The predicted octanol–water partition coefficient (Wildman–Crippen LogP) is 3.90. The number of aromatic nitrogens is 2. The van der Waals surface area contributed by atoms with Gasteiger partial charge in [-0.25, -0.2) is 0 Å². The number of rotatable bonds is 3. The normalized spacial score (nSPS) is 24.9. The Balaban J connectivity index is 2.07. The van der Waals surface area contributed by atoms with Crippen molar-refractivity contribution in [2.75, 3.05) is 6.54 Å². The summed E-state index contributed by atoms with van der Waals surface area (Å²) >= 11 is 0. The molecule has 3 unspecified atom stereocenters. The van der Waals surface area contributed by atoms with E-state index in [0.29, 0.717) is 18.0 Å². The van der Waals surface area contributed by atoms with E-state index in [2.05, 4.69) is 68.0 Å². The van der Waals surface area contributed by atoms with Gasteiger partial charge in [-0.05, 0) is 49.9 Å². The van der Waals surface area contributed by atoms with Gasteiger partial charge < -0.3 is 5.32 Å². The molecule has 21 heavy (non-hydrogen) atoms. The fraction of sp³-hybridized carbons (Fsp3) is 0.500. The van der Waals surface area contributed by atoms with Crippen molar-refractivity contribution in [3.05, 3.63) is 52.8 Å². The van der Waals surface area contributed by atoms with Crippen molar-refractivity contribution < 1.29 is 0 Å². The number of benzene rings is 1. The van der Waals surface area contributed by atoms with Crippen LogP contribution in [0.2, 0.25) is 0 Å². The highest BCUT2D eigenvalue weighted by Gasteiger charge is 2.34. The van der Waals surface area contributed by atoms with Crippen molar-refractivity contribution in [1.82, 2.24) is 15.1 Å². The van der Waals surface area contributed by atoms with Gasteiger partial charge in [0.25, 0.3) is 0 Å². The van der Waals surface area contributed by atoms with Crippen LogP contribution in [0.25, 0.3) is 0 Å². The molecule has 112 valence electrons. The van der Waals surface area contributed by atoms with Gasteiger partial charge in [0.15, 0.2) is 0 Å². The average Bonchev–Trinajstić information content (AvgIpc) is 2.81. The van der Waals surface area contributed by atoms with Crippen molar-refractivity contribution in [1.29, 1.82) is 0 Å². The Morgan fingerprint density at radius 3 is 2.57 bits per heavy atom. The molecule has 1 aromatic heterocycles. The van der Waals surface area contributed by atoms with Crippen LogP contribution in [-0.4, -0.2) is 16.3 Å². The van der Waals surface area contributed by atoms with E-state index in [1.165, 1.54) is 16.8 Å². The Morgan fingerprint density at radius 2 is 1.95 bits per heavy atom.